The second-order valence-electron chi connectivity index (χ2n) is 12.6. The predicted octanol–water partition coefficient (Wildman–Crippen LogP) is 12.0. The molecule has 0 spiro atoms. The summed E-state index contributed by atoms with van der Waals surface area (Å²) >= 11 is 0. The molecule has 238 valence electrons. The Hall–Kier alpha value is -6.91. The van der Waals surface area contributed by atoms with Crippen LogP contribution in [0, 0.1) is 0 Å². The molecule has 0 amide bonds. The molecule has 0 saturated heterocycles. The van der Waals surface area contributed by atoms with Crippen molar-refractivity contribution in [1.82, 2.24) is 18.7 Å². The van der Waals surface area contributed by atoms with E-state index in [2.05, 4.69) is 94.1 Å². The number of pyridine rings is 1. The molecule has 7 aromatic carbocycles. The van der Waals surface area contributed by atoms with Gasteiger partial charge in [0.2, 0.25) is 0 Å². The van der Waals surface area contributed by atoms with Crippen molar-refractivity contribution >= 4 is 65.5 Å². The summed E-state index contributed by atoms with van der Waals surface area (Å²) in [6.07, 6.45) is 1.60. The SMILES string of the molecule is [2H]c1c([2H])c([2H])c2c(c1[2H])c1c([2H])c([2H])c([2H])c([2H])c1n2-c1cnc2c(c1)c1ccccc1n2-c1ccccc1-c1cccc(-n2c3ccccc3c3ccccc32)c1. The molecule has 0 saturated carbocycles. The average Bonchev–Trinajstić information content (AvgIpc) is 3.92. The van der Waals surface area contributed by atoms with E-state index in [1.165, 1.54) is 15.3 Å². The maximum Gasteiger partial charge on any atom is 0.145 e. The van der Waals surface area contributed by atoms with E-state index in [0.717, 1.165) is 49.8 Å². The molecule has 0 aliphatic heterocycles. The van der Waals surface area contributed by atoms with Crippen molar-refractivity contribution in [3.63, 3.8) is 0 Å². The quantitative estimate of drug-likeness (QED) is 0.185. The van der Waals surface area contributed by atoms with Gasteiger partial charge in [0, 0.05) is 43.6 Å². The van der Waals surface area contributed by atoms with E-state index < -0.39 is 24.2 Å². The first kappa shape index (κ1) is 21.2. The summed E-state index contributed by atoms with van der Waals surface area (Å²) in [5.74, 6) is 0. The van der Waals surface area contributed by atoms with Crippen molar-refractivity contribution in [3.8, 4) is 28.2 Å². The Bertz CT molecular complexity index is 3490. The Morgan fingerprint density at radius 2 is 0.961 bits per heavy atom. The van der Waals surface area contributed by atoms with Crippen molar-refractivity contribution in [1.29, 1.82) is 0 Å². The molecular formula is C47H30N4. The van der Waals surface area contributed by atoms with Crippen LogP contribution in [0.4, 0.5) is 0 Å². The lowest BCUT2D eigenvalue weighted by atomic mass is 10.0. The Kier molecular flexibility index (Phi) is 4.49. The lowest BCUT2D eigenvalue weighted by Crippen LogP contribution is -2.00. The van der Waals surface area contributed by atoms with Crippen molar-refractivity contribution in [2.75, 3.05) is 0 Å². The highest BCUT2D eigenvalue weighted by Crippen LogP contribution is 2.39. The van der Waals surface area contributed by atoms with E-state index in [4.69, 9.17) is 16.0 Å². The van der Waals surface area contributed by atoms with Crippen LogP contribution < -0.4 is 0 Å². The van der Waals surface area contributed by atoms with Crippen molar-refractivity contribution < 1.29 is 11.0 Å². The molecule has 0 aliphatic carbocycles. The highest BCUT2D eigenvalue weighted by Gasteiger charge is 2.19. The summed E-state index contributed by atoms with van der Waals surface area (Å²) in [5, 5.41) is 4.06. The summed E-state index contributed by atoms with van der Waals surface area (Å²) in [4.78, 5) is 5.06. The number of para-hydroxylation sites is 6. The average molecular weight is 659 g/mol. The highest BCUT2D eigenvalue weighted by atomic mass is 15.1. The molecule has 51 heavy (non-hydrogen) atoms. The minimum absolute atomic E-state index is 0.0255. The number of fused-ring (bicyclic) bond motifs is 9. The van der Waals surface area contributed by atoms with Gasteiger partial charge in [0.05, 0.1) is 56.1 Å². The van der Waals surface area contributed by atoms with E-state index in [0.29, 0.717) is 11.3 Å². The van der Waals surface area contributed by atoms with Gasteiger partial charge in [0.25, 0.3) is 0 Å². The van der Waals surface area contributed by atoms with Crippen LogP contribution in [0.5, 0.6) is 0 Å². The molecule has 0 bridgehead atoms. The molecular weight excluding hydrogens is 621 g/mol. The van der Waals surface area contributed by atoms with Gasteiger partial charge in [-0.3, -0.25) is 4.57 Å². The predicted molar refractivity (Wildman–Crippen MR) is 213 cm³/mol. The van der Waals surface area contributed by atoms with Crippen molar-refractivity contribution in [2.45, 2.75) is 0 Å². The van der Waals surface area contributed by atoms with Crippen molar-refractivity contribution in [2.24, 2.45) is 0 Å². The molecule has 4 heterocycles. The lowest BCUT2D eigenvalue weighted by molar-refractivity contribution is 1.11. The van der Waals surface area contributed by atoms with Gasteiger partial charge in [-0.2, -0.15) is 0 Å². The van der Waals surface area contributed by atoms with Crippen LogP contribution in [0.25, 0.3) is 93.7 Å². The van der Waals surface area contributed by atoms with E-state index in [-0.39, 0.29) is 46.0 Å². The number of hydrogen-bond acceptors (Lipinski definition) is 1. The molecule has 0 N–H and O–H groups in total. The van der Waals surface area contributed by atoms with Gasteiger partial charge in [-0.1, -0.05) is 121 Å². The van der Waals surface area contributed by atoms with E-state index >= 15 is 0 Å². The van der Waals surface area contributed by atoms with Gasteiger partial charge in [-0.15, -0.1) is 0 Å². The number of hydrogen-bond donors (Lipinski definition) is 0. The fourth-order valence-corrected chi connectivity index (χ4v) is 7.80. The fraction of sp³-hybridized carbons (Fsp3) is 0. The molecule has 0 radical (unpaired) electrons. The summed E-state index contributed by atoms with van der Waals surface area (Å²) in [6.45, 7) is 0. The minimum Gasteiger partial charge on any atom is -0.309 e. The first-order valence-corrected chi connectivity index (χ1v) is 16.7. The summed E-state index contributed by atoms with van der Waals surface area (Å²) < 4.78 is 75.6. The van der Waals surface area contributed by atoms with Gasteiger partial charge in [-0.05, 0) is 60.1 Å². The molecule has 4 heteroatoms. The minimum atomic E-state index is -0.482. The van der Waals surface area contributed by atoms with Gasteiger partial charge in [0.1, 0.15) is 5.65 Å². The molecule has 4 nitrogen and oxygen atoms in total. The summed E-state index contributed by atoms with van der Waals surface area (Å²) in [6, 6.07) is 40.1. The Morgan fingerprint density at radius 3 is 1.65 bits per heavy atom. The first-order chi connectivity index (χ1) is 28.7. The van der Waals surface area contributed by atoms with Crippen LogP contribution in [0.2, 0.25) is 0 Å². The van der Waals surface area contributed by atoms with Gasteiger partial charge < -0.3 is 9.13 Å². The van der Waals surface area contributed by atoms with E-state index in [1.54, 1.807) is 6.20 Å². The zero-order chi connectivity index (χ0) is 40.4. The van der Waals surface area contributed by atoms with Gasteiger partial charge in [-0.25, -0.2) is 4.98 Å². The molecule has 11 aromatic rings. The van der Waals surface area contributed by atoms with Crippen LogP contribution in [0.3, 0.4) is 0 Å². The largest absolute Gasteiger partial charge is 0.309 e. The second kappa shape index (κ2) is 10.8. The summed E-state index contributed by atoms with van der Waals surface area (Å²) in [5.41, 5.74) is 8.20. The topological polar surface area (TPSA) is 27.7 Å². The van der Waals surface area contributed by atoms with Crippen LogP contribution in [0.1, 0.15) is 11.0 Å². The molecule has 0 aliphatic rings. The number of nitrogens with zero attached hydrogens (tertiary/aromatic N) is 4. The molecule has 11 rings (SSSR count). The van der Waals surface area contributed by atoms with Crippen LogP contribution >= 0.6 is 0 Å². The maximum absolute atomic E-state index is 9.00. The molecule has 0 fully saturated rings. The standard InChI is InChI=1S/C47H30N4/c1-7-22-41(34(16-1)31-14-13-15-32(28-31)49-42-23-8-2-17-35(42)36-18-3-9-24-43(36)49)51-46-27-12-6-21-39(46)40-29-33(30-48-47(40)51)50-44-25-10-4-19-37(44)38-20-5-11-26-45(38)50/h1-30H/i4D,5D,10D,11D,19D,20D,25D,26D. The molecule has 0 atom stereocenters. The zero-order valence-electron chi connectivity index (χ0n) is 35.0. The normalized spacial score (nSPS) is 14.1. The van der Waals surface area contributed by atoms with E-state index in [1.807, 2.05) is 42.5 Å². The van der Waals surface area contributed by atoms with Gasteiger partial charge >= 0.3 is 0 Å². The number of aromatic nitrogens is 4. The van der Waals surface area contributed by atoms with Crippen LogP contribution in [-0.2, 0) is 0 Å². The first-order valence-electron chi connectivity index (χ1n) is 20.7. The lowest BCUT2D eigenvalue weighted by Gasteiger charge is -2.15. The van der Waals surface area contributed by atoms with Crippen molar-refractivity contribution in [3.05, 3.63) is 182 Å². The highest BCUT2D eigenvalue weighted by molar-refractivity contribution is 6.12. The molecule has 0 unspecified atom stereocenters. The monoisotopic (exact) mass is 658 g/mol. The maximum atomic E-state index is 9.00. The number of rotatable bonds is 4. The Morgan fingerprint density at radius 1 is 0.412 bits per heavy atom. The third-order valence-corrected chi connectivity index (χ3v) is 9.93. The zero-order valence-corrected chi connectivity index (χ0v) is 27.0. The third kappa shape index (κ3) is 4.05. The number of benzene rings is 7. The second-order valence-corrected chi connectivity index (χ2v) is 12.6. The smallest absolute Gasteiger partial charge is 0.145 e. The van der Waals surface area contributed by atoms with Crippen LogP contribution in [-0.4, -0.2) is 18.7 Å². The fourth-order valence-electron chi connectivity index (χ4n) is 7.80. The molecule has 4 aromatic heterocycles. The Balaban J connectivity index is 1.16. The van der Waals surface area contributed by atoms with E-state index in [9.17, 15) is 0 Å². The third-order valence-electron chi connectivity index (χ3n) is 9.93. The summed E-state index contributed by atoms with van der Waals surface area (Å²) in [7, 11) is 0. The Labute approximate surface area is 304 Å². The van der Waals surface area contributed by atoms with Crippen LogP contribution in [0.15, 0.2) is 182 Å². The van der Waals surface area contributed by atoms with Gasteiger partial charge in [0.15, 0.2) is 0 Å².